The lowest BCUT2D eigenvalue weighted by molar-refractivity contribution is -0.349. The second-order valence-electron chi connectivity index (χ2n) is 15.0. The van der Waals surface area contributed by atoms with Crippen LogP contribution in [-0.4, -0.2) is 114 Å². The molecule has 12 atom stereocenters. The fraction of sp³-hybridized carbons (Fsp3) is 0.658. The minimum atomic E-state index is -2.31. The Bertz CT molecular complexity index is 1800. The first-order valence-electron chi connectivity index (χ1n) is 18.2. The lowest BCUT2D eigenvalue weighted by Crippen LogP contribution is -2.84. The number of rotatable bonds is 7. The number of carbonyl (C=O) groups is 8. The summed E-state index contributed by atoms with van der Waals surface area (Å²) in [4.78, 5) is 111. The Morgan fingerprint density at radius 1 is 0.786 bits per heavy atom. The summed E-state index contributed by atoms with van der Waals surface area (Å²) in [5, 5.41) is 0. The lowest BCUT2D eigenvalue weighted by Gasteiger charge is -2.65. The number of nitrogens with zero attached hydrogens (tertiary/aromatic N) is 1. The van der Waals surface area contributed by atoms with E-state index >= 15 is 0 Å². The second-order valence-corrected chi connectivity index (χ2v) is 15.0. The van der Waals surface area contributed by atoms with Gasteiger partial charge in [-0.1, -0.05) is 13.8 Å². The van der Waals surface area contributed by atoms with E-state index in [1.807, 2.05) is 0 Å². The summed E-state index contributed by atoms with van der Waals surface area (Å²) in [5.74, 6) is -10.7. The normalized spacial score (nSPS) is 36.2. The van der Waals surface area contributed by atoms with Crippen LogP contribution in [0, 0.1) is 23.2 Å². The molecule has 2 aliphatic heterocycles. The first-order valence-corrected chi connectivity index (χ1v) is 18.2. The quantitative estimate of drug-likeness (QED) is 0.283. The Balaban J connectivity index is 1.95. The Kier molecular flexibility index (Phi) is 11.8. The molecular weight excluding hydrogens is 742 g/mol. The number of aromatic nitrogens is 1. The molecule has 18 heteroatoms. The molecule has 12 unspecified atom stereocenters. The largest absolute Gasteiger partial charge is 0.465 e. The number of pyridine rings is 1. The van der Waals surface area contributed by atoms with Gasteiger partial charge in [0.2, 0.25) is 0 Å². The van der Waals surface area contributed by atoms with Gasteiger partial charge >= 0.3 is 47.8 Å². The van der Waals surface area contributed by atoms with E-state index in [1.165, 1.54) is 32.2 Å². The average molecular weight is 790 g/mol. The van der Waals surface area contributed by atoms with Gasteiger partial charge in [0, 0.05) is 53.7 Å². The fourth-order valence-corrected chi connectivity index (χ4v) is 9.15. The van der Waals surface area contributed by atoms with Gasteiger partial charge in [-0.15, -0.1) is 0 Å². The number of aryl methyl sites for hydroxylation is 1. The molecule has 56 heavy (non-hydrogen) atoms. The molecule has 306 valence electrons. The smallest absolute Gasteiger partial charge is 0.340 e. The number of hydrogen-bond acceptors (Lipinski definition) is 18. The van der Waals surface area contributed by atoms with E-state index in [0.717, 1.165) is 41.5 Å². The van der Waals surface area contributed by atoms with Crippen LogP contribution in [0.3, 0.4) is 0 Å². The van der Waals surface area contributed by atoms with Crippen LogP contribution < -0.4 is 0 Å². The van der Waals surface area contributed by atoms with Gasteiger partial charge in [0.25, 0.3) is 0 Å². The highest BCUT2D eigenvalue weighted by Gasteiger charge is 2.88. The molecule has 0 radical (unpaired) electrons. The first-order chi connectivity index (χ1) is 26.2. The SMILES string of the molecule is CC(=O)OCC12C(OC(C)=O)C(OC(C)=O)C3OC(=O)C(C)CCc4ncccc4C(=O)OCC4(C)OC1(C3C)C(OC(C)=O)C4C(OC(C)=O)C2OC(C)=O. The minimum absolute atomic E-state index is 0.0812. The van der Waals surface area contributed by atoms with Gasteiger partial charge in [-0.3, -0.25) is 38.5 Å². The maximum Gasteiger partial charge on any atom is 0.340 e. The van der Waals surface area contributed by atoms with Gasteiger partial charge in [-0.2, -0.15) is 0 Å². The molecule has 2 aliphatic carbocycles. The zero-order chi connectivity index (χ0) is 41.5. The molecule has 0 aromatic carbocycles. The highest BCUT2D eigenvalue weighted by Crippen LogP contribution is 2.69. The summed E-state index contributed by atoms with van der Waals surface area (Å²) < 4.78 is 55.0. The predicted octanol–water partition coefficient (Wildman–Crippen LogP) is 1.75. The van der Waals surface area contributed by atoms with Crippen molar-refractivity contribution >= 4 is 47.8 Å². The van der Waals surface area contributed by atoms with Gasteiger partial charge < -0.3 is 42.6 Å². The van der Waals surface area contributed by atoms with Crippen LogP contribution in [-0.2, 0) is 82.6 Å². The highest BCUT2D eigenvalue weighted by atomic mass is 16.7. The molecule has 2 saturated carbocycles. The summed E-state index contributed by atoms with van der Waals surface area (Å²) in [6.07, 6.45) is -8.56. The third-order valence-corrected chi connectivity index (χ3v) is 11.1. The van der Waals surface area contributed by atoms with Crippen molar-refractivity contribution in [3.63, 3.8) is 0 Å². The Labute approximate surface area is 322 Å². The first kappa shape index (κ1) is 42.0. The summed E-state index contributed by atoms with van der Waals surface area (Å²) in [7, 11) is 0. The van der Waals surface area contributed by atoms with Crippen LogP contribution in [0.1, 0.15) is 84.8 Å². The van der Waals surface area contributed by atoms with Crippen LogP contribution in [0.4, 0.5) is 0 Å². The van der Waals surface area contributed by atoms with Crippen molar-refractivity contribution in [1.29, 1.82) is 0 Å². The topological polar surface area (TPSA) is 233 Å². The van der Waals surface area contributed by atoms with Crippen LogP contribution in [0.25, 0.3) is 0 Å². The van der Waals surface area contributed by atoms with Crippen molar-refractivity contribution < 1.29 is 81.0 Å². The Morgan fingerprint density at radius 3 is 1.91 bits per heavy atom. The summed E-state index contributed by atoms with van der Waals surface area (Å²) in [5.41, 5.74) is -5.99. The average Bonchev–Trinajstić information content (AvgIpc) is 3.31. The zero-order valence-corrected chi connectivity index (χ0v) is 32.6. The van der Waals surface area contributed by atoms with E-state index in [-0.39, 0.29) is 18.4 Å². The van der Waals surface area contributed by atoms with Crippen LogP contribution in [0.5, 0.6) is 0 Å². The van der Waals surface area contributed by atoms with Crippen LogP contribution >= 0.6 is 0 Å². The van der Waals surface area contributed by atoms with E-state index in [0.29, 0.717) is 5.69 Å². The summed E-state index contributed by atoms with van der Waals surface area (Å²) >= 11 is 0. The maximum atomic E-state index is 14.1. The Hall–Kier alpha value is -5.13. The van der Waals surface area contributed by atoms with Gasteiger partial charge in [0.1, 0.15) is 48.1 Å². The van der Waals surface area contributed by atoms with Crippen molar-refractivity contribution in [3.8, 4) is 0 Å². The highest BCUT2D eigenvalue weighted by molar-refractivity contribution is 5.90. The summed E-state index contributed by atoms with van der Waals surface area (Å²) in [6.45, 7) is 9.45. The predicted molar refractivity (Wildman–Crippen MR) is 184 cm³/mol. The van der Waals surface area contributed by atoms with E-state index in [2.05, 4.69) is 4.98 Å². The standard InChI is InChI=1S/C38H47NO17/c1-17-12-13-26-25(11-10-14-39-26)35(47)49-15-36(9)27-29(50-20(4)41)32(53-23(7)44)37(16-48-19(3)40)33(54-24(8)45)30(51-21(5)42)28(55-34(17)46)18(2)38(37,56-36)31(27)52-22(6)43/h10-11,14,17-18,27-33H,12-13,15-16H2,1-9H3. The van der Waals surface area contributed by atoms with Crippen molar-refractivity contribution in [3.05, 3.63) is 29.6 Å². The van der Waals surface area contributed by atoms with Crippen LogP contribution in [0.2, 0.25) is 0 Å². The Morgan fingerprint density at radius 2 is 1.34 bits per heavy atom. The van der Waals surface area contributed by atoms with Gasteiger partial charge in [-0.25, -0.2) is 4.79 Å². The van der Waals surface area contributed by atoms with Crippen molar-refractivity contribution in [1.82, 2.24) is 4.98 Å². The molecule has 1 aromatic rings. The number of fused-ring (bicyclic) bond motifs is 5. The van der Waals surface area contributed by atoms with Gasteiger partial charge in [0.15, 0.2) is 18.3 Å². The molecule has 5 rings (SSSR count). The van der Waals surface area contributed by atoms with Crippen LogP contribution in [0.15, 0.2) is 18.3 Å². The van der Waals surface area contributed by atoms with Crippen molar-refractivity contribution in [2.45, 2.75) is 123 Å². The summed E-state index contributed by atoms with van der Waals surface area (Å²) in [6, 6.07) is 3.02. The number of hydrogen-bond donors (Lipinski definition) is 0. The zero-order valence-electron chi connectivity index (χ0n) is 32.6. The molecule has 4 aliphatic rings. The molecule has 0 N–H and O–H groups in total. The molecule has 1 saturated heterocycles. The number of ether oxygens (including phenoxy) is 9. The van der Waals surface area contributed by atoms with Gasteiger partial charge in [-0.05, 0) is 31.9 Å². The molecule has 18 nitrogen and oxygen atoms in total. The molecule has 0 amide bonds. The molecular formula is C38H47NO17. The molecule has 4 bridgehead atoms. The number of cyclic esters (lactones) is 1. The van der Waals surface area contributed by atoms with E-state index in [4.69, 9.17) is 42.6 Å². The van der Waals surface area contributed by atoms with E-state index in [1.54, 1.807) is 6.92 Å². The monoisotopic (exact) mass is 789 g/mol. The molecule has 1 spiro atoms. The third-order valence-electron chi connectivity index (χ3n) is 11.1. The fourth-order valence-electron chi connectivity index (χ4n) is 9.15. The molecule has 1 aromatic heterocycles. The van der Waals surface area contributed by atoms with E-state index in [9.17, 15) is 38.4 Å². The lowest BCUT2D eigenvalue weighted by atomic mass is 9.46. The maximum absolute atomic E-state index is 14.1. The van der Waals surface area contributed by atoms with E-state index < -0.39 is 132 Å². The number of esters is 8. The van der Waals surface area contributed by atoms with Crippen molar-refractivity contribution in [2.24, 2.45) is 23.2 Å². The third kappa shape index (κ3) is 7.30. The van der Waals surface area contributed by atoms with Gasteiger partial charge in [0.05, 0.1) is 23.1 Å². The second kappa shape index (κ2) is 15.8. The molecule has 3 fully saturated rings. The molecule has 3 heterocycles. The minimum Gasteiger partial charge on any atom is -0.465 e. The van der Waals surface area contributed by atoms with Crippen molar-refractivity contribution in [2.75, 3.05) is 13.2 Å². The number of carbonyl (C=O) groups excluding carboxylic acids is 8.